The number of aromatic nitrogens is 1. The third kappa shape index (κ3) is 2.60. The predicted molar refractivity (Wildman–Crippen MR) is 74.3 cm³/mol. The third-order valence-electron chi connectivity index (χ3n) is 3.62. The molecule has 19 heavy (non-hydrogen) atoms. The first-order valence-electron chi connectivity index (χ1n) is 6.31. The van der Waals surface area contributed by atoms with Gasteiger partial charge in [0, 0.05) is 41.8 Å². The minimum Gasteiger partial charge on any atom is -0.481 e. The van der Waals surface area contributed by atoms with Gasteiger partial charge in [0.25, 0.3) is 0 Å². The molecule has 2 N–H and O–H groups in total. The Morgan fingerprint density at radius 3 is 3.00 bits per heavy atom. The fourth-order valence-corrected chi connectivity index (χ4v) is 2.88. The van der Waals surface area contributed by atoms with Crippen molar-refractivity contribution in [3.8, 4) is 0 Å². The number of carbonyl (C=O) groups is 1. The molecule has 4 nitrogen and oxygen atoms in total. The smallest absolute Gasteiger partial charge is 0.303 e. The lowest BCUT2D eigenvalue weighted by atomic mass is 9.96. The van der Waals surface area contributed by atoms with Crippen LogP contribution in [0.2, 0.25) is 5.02 Å². The molecule has 0 spiro atoms. The zero-order valence-corrected chi connectivity index (χ0v) is 11.2. The molecule has 0 aliphatic carbocycles. The molecule has 1 aliphatic heterocycles. The zero-order chi connectivity index (χ0) is 13.4. The number of nitrogens with zero attached hydrogens (tertiary/aromatic N) is 1. The monoisotopic (exact) mass is 278 g/mol. The van der Waals surface area contributed by atoms with Crippen molar-refractivity contribution in [3.05, 3.63) is 35.0 Å². The number of likely N-dealkylation sites (tertiary alicyclic amines) is 1. The fraction of sp³-hybridized carbons (Fsp3) is 0.357. The van der Waals surface area contributed by atoms with Gasteiger partial charge in [-0.25, -0.2) is 0 Å². The predicted octanol–water partition coefficient (Wildman–Crippen LogP) is 2.73. The van der Waals surface area contributed by atoms with E-state index in [1.54, 1.807) is 0 Å². The first-order valence-corrected chi connectivity index (χ1v) is 6.69. The van der Waals surface area contributed by atoms with Crippen molar-refractivity contribution in [2.24, 2.45) is 5.92 Å². The van der Waals surface area contributed by atoms with Crippen LogP contribution in [0.5, 0.6) is 0 Å². The summed E-state index contributed by atoms with van der Waals surface area (Å²) in [5.41, 5.74) is 2.28. The molecule has 1 fully saturated rings. The number of nitrogens with one attached hydrogen (secondary N) is 1. The molecule has 0 saturated carbocycles. The van der Waals surface area contributed by atoms with Gasteiger partial charge in [-0.3, -0.25) is 9.69 Å². The van der Waals surface area contributed by atoms with E-state index < -0.39 is 5.97 Å². The van der Waals surface area contributed by atoms with Crippen LogP contribution in [0, 0.1) is 5.92 Å². The van der Waals surface area contributed by atoms with E-state index in [0.29, 0.717) is 5.92 Å². The van der Waals surface area contributed by atoms with Gasteiger partial charge in [-0.05, 0) is 23.6 Å². The SMILES string of the molecule is O=C(O)CC1CN(Cc2c[nH]c3cc(Cl)ccc23)C1. The highest BCUT2D eigenvalue weighted by molar-refractivity contribution is 6.31. The average Bonchev–Trinajstić information content (AvgIpc) is 2.68. The van der Waals surface area contributed by atoms with E-state index in [9.17, 15) is 4.79 Å². The summed E-state index contributed by atoms with van der Waals surface area (Å²) in [6.07, 6.45) is 2.28. The van der Waals surface area contributed by atoms with Crippen molar-refractivity contribution < 1.29 is 9.90 Å². The first kappa shape index (κ1) is 12.5. The van der Waals surface area contributed by atoms with Crippen LogP contribution in [0.3, 0.4) is 0 Å². The Bertz CT molecular complexity index is 617. The van der Waals surface area contributed by atoms with Crippen molar-refractivity contribution in [1.82, 2.24) is 9.88 Å². The number of hydrogen-bond acceptors (Lipinski definition) is 2. The highest BCUT2D eigenvalue weighted by Gasteiger charge is 2.28. The van der Waals surface area contributed by atoms with Crippen molar-refractivity contribution in [3.63, 3.8) is 0 Å². The summed E-state index contributed by atoms with van der Waals surface area (Å²) in [5.74, 6) is -0.400. The van der Waals surface area contributed by atoms with Gasteiger partial charge >= 0.3 is 5.97 Å². The highest BCUT2D eigenvalue weighted by Crippen LogP contribution is 2.26. The van der Waals surface area contributed by atoms with Crippen LogP contribution >= 0.6 is 11.6 Å². The molecule has 5 heteroatoms. The van der Waals surface area contributed by atoms with Crippen LogP contribution in [0.1, 0.15) is 12.0 Å². The second kappa shape index (κ2) is 4.87. The number of carboxylic acids is 1. The maximum atomic E-state index is 10.6. The molecule has 1 aromatic heterocycles. The van der Waals surface area contributed by atoms with Crippen LogP contribution in [0.4, 0.5) is 0 Å². The van der Waals surface area contributed by atoms with Gasteiger partial charge in [0.2, 0.25) is 0 Å². The lowest BCUT2D eigenvalue weighted by molar-refractivity contribution is -0.139. The number of aromatic amines is 1. The molecule has 0 bridgehead atoms. The topological polar surface area (TPSA) is 56.3 Å². The number of hydrogen-bond donors (Lipinski definition) is 2. The molecule has 3 rings (SSSR count). The first-order chi connectivity index (χ1) is 9.11. The molecular weight excluding hydrogens is 264 g/mol. The van der Waals surface area contributed by atoms with Gasteiger partial charge in [0.15, 0.2) is 0 Å². The summed E-state index contributed by atoms with van der Waals surface area (Å²) < 4.78 is 0. The van der Waals surface area contributed by atoms with E-state index in [1.807, 2.05) is 24.4 Å². The van der Waals surface area contributed by atoms with Crippen molar-refractivity contribution in [2.75, 3.05) is 13.1 Å². The molecule has 1 aromatic carbocycles. The second-order valence-electron chi connectivity index (χ2n) is 5.16. The molecular formula is C14H15ClN2O2. The Morgan fingerprint density at radius 2 is 2.26 bits per heavy atom. The van der Waals surface area contributed by atoms with Gasteiger partial charge in [0.1, 0.15) is 0 Å². The van der Waals surface area contributed by atoms with E-state index in [0.717, 1.165) is 30.2 Å². The van der Waals surface area contributed by atoms with E-state index in [4.69, 9.17) is 16.7 Å². The van der Waals surface area contributed by atoms with Crippen molar-refractivity contribution >= 4 is 28.5 Å². The quantitative estimate of drug-likeness (QED) is 0.904. The Hall–Kier alpha value is -1.52. The number of halogens is 1. The van der Waals surface area contributed by atoms with Crippen molar-refractivity contribution in [2.45, 2.75) is 13.0 Å². The minimum atomic E-state index is -0.702. The molecule has 0 unspecified atom stereocenters. The van der Waals surface area contributed by atoms with Gasteiger partial charge in [-0.2, -0.15) is 0 Å². The van der Waals surface area contributed by atoms with Gasteiger partial charge in [0.05, 0.1) is 6.42 Å². The molecule has 1 saturated heterocycles. The maximum Gasteiger partial charge on any atom is 0.303 e. The molecule has 2 aromatic rings. The van der Waals surface area contributed by atoms with Crippen LogP contribution < -0.4 is 0 Å². The van der Waals surface area contributed by atoms with Crippen molar-refractivity contribution in [1.29, 1.82) is 0 Å². The summed E-state index contributed by atoms with van der Waals surface area (Å²) in [7, 11) is 0. The third-order valence-corrected chi connectivity index (χ3v) is 3.85. The number of carboxylic acid groups (broad SMARTS) is 1. The van der Waals surface area contributed by atoms with Crippen LogP contribution in [-0.4, -0.2) is 34.0 Å². The molecule has 1 aliphatic rings. The Balaban J connectivity index is 1.65. The molecule has 0 amide bonds. The second-order valence-corrected chi connectivity index (χ2v) is 5.60. The summed E-state index contributed by atoms with van der Waals surface area (Å²) in [5, 5.41) is 10.6. The number of rotatable bonds is 4. The summed E-state index contributed by atoms with van der Waals surface area (Å²) in [6, 6.07) is 5.84. The molecule has 100 valence electrons. The normalized spacial score (nSPS) is 16.7. The fourth-order valence-electron chi connectivity index (χ4n) is 2.71. The average molecular weight is 279 g/mol. The minimum absolute atomic E-state index is 0.278. The van der Waals surface area contributed by atoms with Crippen LogP contribution in [-0.2, 0) is 11.3 Å². The summed E-state index contributed by atoms with van der Waals surface area (Å²) in [4.78, 5) is 16.1. The van der Waals surface area contributed by atoms with Gasteiger partial charge in [-0.1, -0.05) is 17.7 Å². The van der Waals surface area contributed by atoms with Gasteiger partial charge < -0.3 is 10.1 Å². The Morgan fingerprint density at radius 1 is 1.47 bits per heavy atom. The Labute approximate surface area is 116 Å². The number of fused-ring (bicyclic) bond motifs is 1. The summed E-state index contributed by atoms with van der Waals surface area (Å²) in [6.45, 7) is 2.59. The summed E-state index contributed by atoms with van der Waals surface area (Å²) >= 11 is 5.95. The zero-order valence-electron chi connectivity index (χ0n) is 10.4. The molecule has 2 heterocycles. The number of benzene rings is 1. The van der Waals surface area contributed by atoms with E-state index in [2.05, 4.69) is 9.88 Å². The maximum absolute atomic E-state index is 10.6. The van der Waals surface area contributed by atoms with Crippen LogP contribution in [0.15, 0.2) is 24.4 Å². The Kier molecular flexibility index (Phi) is 3.21. The largest absolute Gasteiger partial charge is 0.481 e. The van der Waals surface area contributed by atoms with E-state index in [1.165, 1.54) is 10.9 Å². The van der Waals surface area contributed by atoms with E-state index in [-0.39, 0.29) is 6.42 Å². The standard InChI is InChI=1S/C14H15ClN2O2/c15-11-1-2-12-10(5-16-13(12)4-11)8-17-6-9(7-17)3-14(18)19/h1-2,4-5,9,16H,3,6-8H2,(H,18,19). The molecule has 0 atom stereocenters. The lowest BCUT2D eigenvalue weighted by Gasteiger charge is -2.38. The van der Waals surface area contributed by atoms with E-state index >= 15 is 0 Å². The highest BCUT2D eigenvalue weighted by atomic mass is 35.5. The van der Waals surface area contributed by atoms with Gasteiger partial charge in [-0.15, -0.1) is 0 Å². The number of aliphatic carboxylic acids is 1. The molecule has 0 radical (unpaired) electrons. The number of H-pyrrole nitrogens is 1. The van der Waals surface area contributed by atoms with Crippen LogP contribution in [0.25, 0.3) is 10.9 Å². The lowest BCUT2D eigenvalue weighted by Crippen LogP contribution is -2.46.